The minimum absolute atomic E-state index is 0.135. The van der Waals surface area contributed by atoms with E-state index in [1.54, 1.807) is 23.7 Å². The number of benzene rings is 6. The average Bonchev–Trinajstić information content (AvgIpc) is 3.53. The first-order chi connectivity index (χ1) is 22.2. The van der Waals surface area contributed by atoms with Crippen LogP contribution in [0.5, 0.6) is 11.5 Å². The summed E-state index contributed by atoms with van der Waals surface area (Å²) >= 11 is 1.65. The number of fused-ring (bicyclic) bond motifs is 5. The first-order valence-corrected chi connectivity index (χ1v) is 15.5. The SMILES string of the molecule is Oc1c(-c2c3ccccc3c(-c3ccc4cccnc4c3O)c3cc(-c4nc5ccccc5s4)ccc23)ccc2cccnc12. The van der Waals surface area contributed by atoms with Crippen LogP contribution in [-0.2, 0) is 0 Å². The molecule has 45 heavy (non-hydrogen) atoms. The predicted octanol–water partition coefficient (Wildman–Crippen LogP) is 10.1. The lowest BCUT2D eigenvalue weighted by molar-refractivity contribution is 0.482. The van der Waals surface area contributed by atoms with Crippen LogP contribution >= 0.6 is 11.3 Å². The van der Waals surface area contributed by atoms with Crippen molar-refractivity contribution in [2.24, 2.45) is 0 Å². The van der Waals surface area contributed by atoms with E-state index in [2.05, 4.69) is 46.4 Å². The third kappa shape index (κ3) is 3.89. The van der Waals surface area contributed by atoms with Crippen LogP contribution in [0.4, 0.5) is 0 Å². The molecule has 0 saturated carbocycles. The summed E-state index contributed by atoms with van der Waals surface area (Å²) < 4.78 is 1.12. The average molecular weight is 598 g/mol. The number of hydrogen-bond donors (Lipinski definition) is 2. The summed E-state index contributed by atoms with van der Waals surface area (Å²) in [6.45, 7) is 0. The van der Waals surface area contributed by atoms with Crippen molar-refractivity contribution in [3.63, 3.8) is 0 Å². The van der Waals surface area contributed by atoms with Crippen LogP contribution in [0.3, 0.4) is 0 Å². The Kier molecular flexibility index (Phi) is 5.60. The standard InChI is InChI=1S/C39H23N3O2S/c43-37-28(17-13-22-7-5-19-40-35(22)37)33-25-9-1-2-10-26(25)34(29-18-14-23-8-6-20-41-36(23)38(29)44)30-21-24(15-16-27(30)33)39-42-31-11-3-4-12-32(31)45-39/h1-21,43-44H. The molecule has 212 valence electrons. The highest BCUT2D eigenvalue weighted by molar-refractivity contribution is 7.21. The number of phenols is 2. The smallest absolute Gasteiger partial charge is 0.149 e. The minimum atomic E-state index is 0.135. The molecule has 2 N–H and O–H groups in total. The highest BCUT2D eigenvalue weighted by atomic mass is 32.1. The lowest BCUT2D eigenvalue weighted by Gasteiger charge is -2.20. The van der Waals surface area contributed by atoms with Gasteiger partial charge in [-0.1, -0.05) is 72.8 Å². The van der Waals surface area contributed by atoms with Gasteiger partial charge in [-0.3, -0.25) is 9.97 Å². The predicted molar refractivity (Wildman–Crippen MR) is 185 cm³/mol. The normalized spacial score (nSPS) is 11.7. The fourth-order valence-corrected chi connectivity index (χ4v) is 7.51. The number of aromatic nitrogens is 3. The van der Waals surface area contributed by atoms with Gasteiger partial charge in [0.1, 0.15) is 27.5 Å². The number of nitrogens with zero attached hydrogens (tertiary/aromatic N) is 3. The summed E-state index contributed by atoms with van der Waals surface area (Å²) in [6.07, 6.45) is 3.40. The fourth-order valence-electron chi connectivity index (χ4n) is 6.55. The molecule has 0 radical (unpaired) electrons. The molecule has 5 nitrogen and oxygen atoms in total. The van der Waals surface area contributed by atoms with E-state index in [-0.39, 0.29) is 11.5 Å². The molecule has 3 aromatic heterocycles. The number of pyridine rings is 2. The second kappa shape index (κ2) is 9.84. The summed E-state index contributed by atoms with van der Waals surface area (Å²) in [6, 6.07) is 38.3. The van der Waals surface area contributed by atoms with Gasteiger partial charge < -0.3 is 10.2 Å². The highest BCUT2D eigenvalue weighted by Crippen LogP contribution is 2.50. The Morgan fingerprint density at radius 3 is 1.73 bits per heavy atom. The second-order valence-corrected chi connectivity index (χ2v) is 12.1. The van der Waals surface area contributed by atoms with Crippen molar-refractivity contribution in [2.75, 3.05) is 0 Å². The van der Waals surface area contributed by atoms with Gasteiger partial charge in [-0.15, -0.1) is 11.3 Å². The molecule has 0 bridgehead atoms. The van der Waals surface area contributed by atoms with Crippen molar-refractivity contribution >= 4 is 64.9 Å². The van der Waals surface area contributed by atoms with E-state index in [0.717, 1.165) is 64.2 Å². The fraction of sp³-hybridized carbons (Fsp3) is 0. The van der Waals surface area contributed by atoms with Crippen molar-refractivity contribution in [1.29, 1.82) is 0 Å². The van der Waals surface area contributed by atoms with Crippen molar-refractivity contribution in [3.05, 3.63) is 128 Å². The Hall–Kier alpha value is -5.85. The van der Waals surface area contributed by atoms with E-state index in [9.17, 15) is 10.2 Å². The summed E-state index contributed by atoms with van der Waals surface area (Å²) in [4.78, 5) is 14.0. The zero-order chi connectivity index (χ0) is 30.1. The Morgan fingerprint density at radius 1 is 0.511 bits per heavy atom. The number of aromatic hydroxyl groups is 2. The van der Waals surface area contributed by atoms with Crippen molar-refractivity contribution < 1.29 is 10.2 Å². The molecule has 9 aromatic rings. The largest absolute Gasteiger partial charge is 0.505 e. The number of hydrogen-bond acceptors (Lipinski definition) is 6. The van der Waals surface area contributed by atoms with Gasteiger partial charge in [0.2, 0.25) is 0 Å². The van der Waals surface area contributed by atoms with Crippen LogP contribution in [0, 0.1) is 0 Å². The second-order valence-electron chi connectivity index (χ2n) is 11.1. The van der Waals surface area contributed by atoms with E-state index in [1.807, 2.05) is 78.9 Å². The Morgan fingerprint density at radius 2 is 1.09 bits per heavy atom. The van der Waals surface area contributed by atoms with Crippen molar-refractivity contribution in [2.45, 2.75) is 0 Å². The van der Waals surface area contributed by atoms with Gasteiger partial charge >= 0.3 is 0 Å². The molecule has 0 spiro atoms. The Balaban J connectivity index is 1.44. The lowest BCUT2D eigenvalue weighted by Crippen LogP contribution is -1.93. The highest BCUT2D eigenvalue weighted by Gasteiger charge is 2.23. The molecule has 9 rings (SSSR count). The van der Waals surface area contributed by atoms with Gasteiger partial charge in [0, 0.05) is 51.0 Å². The zero-order valence-electron chi connectivity index (χ0n) is 23.8. The van der Waals surface area contributed by atoms with Crippen LogP contribution in [0.1, 0.15) is 0 Å². The van der Waals surface area contributed by atoms with Gasteiger partial charge in [-0.05, 0) is 64.0 Å². The van der Waals surface area contributed by atoms with Gasteiger partial charge in [-0.2, -0.15) is 0 Å². The monoisotopic (exact) mass is 597 g/mol. The quantitative estimate of drug-likeness (QED) is 0.198. The molecule has 0 fully saturated rings. The third-order valence-electron chi connectivity index (χ3n) is 8.60. The first-order valence-electron chi connectivity index (χ1n) is 14.6. The zero-order valence-corrected chi connectivity index (χ0v) is 24.6. The molecule has 6 heteroatoms. The number of para-hydroxylation sites is 1. The minimum Gasteiger partial charge on any atom is -0.505 e. The lowest BCUT2D eigenvalue weighted by atomic mass is 9.84. The molecule has 3 heterocycles. The summed E-state index contributed by atoms with van der Waals surface area (Å²) in [7, 11) is 0. The number of thiazole rings is 1. The maximum Gasteiger partial charge on any atom is 0.149 e. The third-order valence-corrected chi connectivity index (χ3v) is 9.68. The van der Waals surface area contributed by atoms with E-state index in [0.29, 0.717) is 22.2 Å². The molecule has 0 aliphatic carbocycles. The molecular weight excluding hydrogens is 575 g/mol. The van der Waals surface area contributed by atoms with Crippen LogP contribution < -0.4 is 0 Å². The van der Waals surface area contributed by atoms with Gasteiger partial charge in [0.25, 0.3) is 0 Å². The molecule has 0 aliphatic heterocycles. The van der Waals surface area contributed by atoms with Crippen molar-refractivity contribution in [3.8, 4) is 44.3 Å². The number of phenolic OH excluding ortho intramolecular Hbond substituents is 2. The first kappa shape index (κ1) is 25.6. The van der Waals surface area contributed by atoms with E-state index < -0.39 is 0 Å². The van der Waals surface area contributed by atoms with E-state index in [1.165, 1.54) is 0 Å². The molecule has 0 unspecified atom stereocenters. The summed E-state index contributed by atoms with van der Waals surface area (Å²) in [5.41, 5.74) is 6.25. The Labute approximate surface area is 261 Å². The van der Waals surface area contributed by atoms with Crippen LogP contribution in [0.2, 0.25) is 0 Å². The summed E-state index contributed by atoms with van der Waals surface area (Å²) in [5.74, 6) is 0.274. The van der Waals surface area contributed by atoms with Crippen LogP contribution in [0.15, 0.2) is 128 Å². The summed E-state index contributed by atoms with van der Waals surface area (Å²) in [5, 5.41) is 29.8. The maximum atomic E-state index is 11.7. The molecule has 0 amide bonds. The topological polar surface area (TPSA) is 79.1 Å². The Bertz CT molecular complexity index is 2610. The molecule has 0 aliphatic rings. The van der Waals surface area contributed by atoms with Crippen LogP contribution in [-0.4, -0.2) is 25.2 Å². The van der Waals surface area contributed by atoms with Gasteiger partial charge in [0.05, 0.1) is 10.2 Å². The van der Waals surface area contributed by atoms with E-state index in [4.69, 9.17) is 4.98 Å². The molecular formula is C39H23N3O2S. The molecule has 0 saturated heterocycles. The molecule has 0 atom stereocenters. The van der Waals surface area contributed by atoms with Crippen LogP contribution in [0.25, 0.3) is 86.4 Å². The van der Waals surface area contributed by atoms with Gasteiger partial charge in [0.15, 0.2) is 0 Å². The van der Waals surface area contributed by atoms with Crippen molar-refractivity contribution in [1.82, 2.24) is 15.0 Å². The number of rotatable bonds is 3. The van der Waals surface area contributed by atoms with E-state index >= 15 is 0 Å². The van der Waals surface area contributed by atoms with Gasteiger partial charge in [-0.25, -0.2) is 4.98 Å². The molecule has 6 aromatic carbocycles. The maximum absolute atomic E-state index is 11.7.